The summed E-state index contributed by atoms with van der Waals surface area (Å²) in [7, 11) is 0. The number of hydrogen-bond acceptors (Lipinski definition) is 3. The van der Waals surface area contributed by atoms with Gasteiger partial charge in [0.15, 0.2) is 0 Å². The third kappa shape index (κ3) is 4.22. The number of pyridine rings is 1. The van der Waals surface area contributed by atoms with Crippen molar-refractivity contribution in [3.05, 3.63) is 82.3 Å². The number of ether oxygens (including phenoxy) is 1. The molecule has 0 bridgehead atoms. The molecule has 0 unspecified atom stereocenters. The molecule has 0 spiro atoms. The topological polar surface area (TPSA) is 51.2 Å². The lowest BCUT2D eigenvalue weighted by molar-refractivity contribution is 0.102. The Morgan fingerprint density at radius 2 is 2.04 bits per heavy atom. The first-order chi connectivity index (χ1) is 12.0. The molecule has 126 valence electrons. The van der Waals surface area contributed by atoms with E-state index in [9.17, 15) is 9.18 Å². The summed E-state index contributed by atoms with van der Waals surface area (Å²) in [5.41, 5.74) is 1.37. The summed E-state index contributed by atoms with van der Waals surface area (Å²) in [4.78, 5) is 16.2. The third-order valence-corrected chi connectivity index (χ3v) is 3.96. The van der Waals surface area contributed by atoms with Gasteiger partial charge in [-0.25, -0.2) is 4.39 Å². The van der Waals surface area contributed by atoms with Gasteiger partial charge in [-0.2, -0.15) is 0 Å². The number of carbonyl (C=O) groups is 1. The Morgan fingerprint density at radius 3 is 2.72 bits per heavy atom. The largest absolute Gasteiger partial charge is 0.455 e. The van der Waals surface area contributed by atoms with E-state index in [1.54, 1.807) is 48.8 Å². The highest BCUT2D eigenvalue weighted by atomic mass is 79.9. The SMILES string of the molecule is Cc1cc(NC(=O)c2ccc(Br)cc2F)ccc1Oc1cccnc1. The average Bonchev–Trinajstić information content (AvgIpc) is 2.58. The highest BCUT2D eigenvalue weighted by Gasteiger charge is 2.13. The maximum absolute atomic E-state index is 13.9. The average molecular weight is 401 g/mol. The first kappa shape index (κ1) is 17.1. The quantitative estimate of drug-likeness (QED) is 0.643. The second-order valence-corrected chi connectivity index (χ2v) is 6.27. The van der Waals surface area contributed by atoms with Crippen molar-refractivity contribution in [2.45, 2.75) is 6.92 Å². The predicted octanol–water partition coefficient (Wildman–Crippen LogP) is 5.34. The molecule has 0 fully saturated rings. The molecule has 25 heavy (non-hydrogen) atoms. The number of nitrogens with zero attached hydrogens (tertiary/aromatic N) is 1. The molecule has 0 atom stereocenters. The fraction of sp³-hybridized carbons (Fsp3) is 0.0526. The molecule has 3 aromatic rings. The highest BCUT2D eigenvalue weighted by Crippen LogP contribution is 2.27. The number of rotatable bonds is 4. The number of hydrogen-bond donors (Lipinski definition) is 1. The van der Waals surface area contributed by atoms with E-state index >= 15 is 0 Å². The number of aryl methyl sites for hydroxylation is 1. The Balaban J connectivity index is 1.75. The first-order valence-corrected chi connectivity index (χ1v) is 8.27. The van der Waals surface area contributed by atoms with Gasteiger partial charge in [0.05, 0.1) is 11.8 Å². The van der Waals surface area contributed by atoms with Crippen LogP contribution in [0.2, 0.25) is 0 Å². The van der Waals surface area contributed by atoms with Crippen LogP contribution in [0.3, 0.4) is 0 Å². The maximum Gasteiger partial charge on any atom is 0.258 e. The van der Waals surface area contributed by atoms with E-state index in [1.165, 1.54) is 12.1 Å². The number of benzene rings is 2. The predicted molar refractivity (Wildman–Crippen MR) is 97.5 cm³/mol. The maximum atomic E-state index is 13.9. The number of carbonyl (C=O) groups excluding carboxylic acids is 1. The van der Waals surface area contributed by atoms with Crippen molar-refractivity contribution in [1.29, 1.82) is 0 Å². The van der Waals surface area contributed by atoms with Crippen molar-refractivity contribution in [2.24, 2.45) is 0 Å². The van der Waals surface area contributed by atoms with Crippen molar-refractivity contribution in [3.8, 4) is 11.5 Å². The number of halogens is 2. The molecular formula is C19H14BrFN2O2. The minimum Gasteiger partial charge on any atom is -0.455 e. The van der Waals surface area contributed by atoms with Crippen LogP contribution in [-0.2, 0) is 0 Å². The van der Waals surface area contributed by atoms with Crippen LogP contribution >= 0.6 is 15.9 Å². The summed E-state index contributed by atoms with van der Waals surface area (Å²) in [6.45, 7) is 1.86. The molecule has 0 saturated heterocycles. The Hall–Kier alpha value is -2.73. The van der Waals surface area contributed by atoms with Crippen LogP contribution in [0.15, 0.2) is 65.4 Å². The lowest BCUT2D eigenvalue weighted by Gasteiger charge is -2.11. The molecular weight excluding hydrogens is 387 g/mol. The molecule has 0 aliphatic carbocycles. The number of nitrogens with one attached hydrogen (secondary N) is 1. The van der Waals surface area contributed by atoms with Gasteiger partial charge in [0.25, 0.3) is 5.91 Å². The summed E-state index contributed by atoms with van der Waals surface area (Å²) >= 11 is 3.17. The summed E-state index contributed by atoms with van der Waals surface area (Å²) < 4.78 is 20.2. The molecule has 0 radical (unpaired) electrons. The van der Waals surface area contributed by atoms with Gasteiger partial charge >= 0.3 is 0 Å². The number of anilines is 1. The molecule has 1 amide bonds. The van der Waals surface area contributed by atoms with Gasteiger partial charge in [0.2, 0.25) is 0 Å². The van der Waals surface area contributed by atoms with Crippen LogP contribution in [0, 0.1) is 12.7 Å². The Kier molecular flexibility index (Phi) is 5.09. The lowest BCUT2D eigenvalue weighted by atomic mass is 10.1. The van der Waals surface area contributed by atoms with Gasteiger partial charge in [0.1, 0.15) is 17.3 Å². The molecule has 3 rings (SSSR count). The van der Waals surface area contributed by atoms with Crippen LogP contribution in [0.25, 0.3) is 0 Å². The third-order valence-electron chi connectivity index (χ3n) is 3.47. The minimum atomic E-state index is -0.583. The van der Waals surface area contributed by atoms with Crippen molar-refractivity contribution in [2.75, 3.05) is 5.32 Å². The van der Waals surface area contributed by atoms with Crippen LogP contribution in [-0.4, -0.2) is 10.9 Å². The molecule has 1 N–H and O–H groups in total. The highest BCUT2D eigenvalue weighted by molar-refractivity contribution is 9.10. The van der Waals surface area contributed by atoms with Crippen molar-refractivity contribution in [3.63, 3.8) is 0 Å². The fourth-order valence-electron chi connectivity index (χ4n) is 2.25. The van der Waals surface area contributed by atoms with E-state index in [0.29, 0.717) is 21.7 Å². The van der Waals surface area contributed by atoms with E-state index in [-0.39, 0.29) is 5.56 Å². The molecule has 0 aliphatic heterocycles. The standard InChI is InChI=1S/C19H14BrFN2O2/c1-12-9-14(5-7-18(12)25-15-3-2-8-22-11-15)23-19(24)16-6-4-13(20)10-17(16)21/h2-11H,1H3,(H,23,24). The minimum absolute atomic E-state index is 0.0171. The van der Waals surface area contributed by atoms with Gasteiger partial charge < -0.3 is 10.1 Å². The summed E-state index contributed by atoms with van der Waals surface area (Å²) in [6.07, 6.45) is 3.28. The van der Waals surface area contributed by atoms with Crippen molar-refractivity contribution in [1.82, 2.24) is 4.98 Å². The lowest BCUT2D eigenvalue weighted by Crippen LogP contribution is -2.13. The Morgan fingerprint density at radius 1 is 1.20 bits per heavy atom. The molecule has 1 aromatic heterocycles. The molecule has 0 aliphatic rings. The van der Waals surface area contributed by atoms with Crippen LogP contribution in [0.4, 0.5) is 10.1 Å². The summed E-state index contributed by atoms with van der Waals surface area (Å²) in [6, 6.07) is 13.1. The van der Waals surface area contributed by atoms with Crippen molar-refractivity contribution >= 4 is 27.5 Å². The Labute approximate surface area is 152 Å². The molecule has 1 heterocycles. The molecule has 0 saturated carbocycles. The molecule has 2 aromatic carbocycles. The normalized spacial score (nSPS) is 10.4. The number of amides is 1. The van der Waals surface area contributed by atoms with E-state index in [2.05, 4.69) is 26.2 Å². The fourth-order valence-corrected chi connectivity index (χ4v) is 2.58. The van der Waals surface area contributed by atoms with Gasteiger partial charge in [0, 0.05) is 16.4 Å². The van der Waals surface area contributed by atoms with Crippen molar-refractivity contribution < 1.29 is 13.9 Å². The van der Waals surface area contributed by atoms with Gasteiger partial charge in [-0.3, -0.25) is 9.78 Å². The molecule has 4 nitrogen and oxygen atoms in total. The Bertz CT molecular complexity index is 917. The van der Waals surface area contributed by atoms with E-state index in [0.717, 1.165) is 5.56 Å². The second-order valence-electron chi connectivity index (χ2n) is 5.35. The van der Waals surface area contributed by atoms with Crippen LogP contribution < -0.4 is 10.1 Å². The zero-order valence-corrected chi connectivity index (χ0v) is 14.9. The monoisotopic (exact) mass is 400 g/mol. The zero-order chi connectivity index (χ0) is 17.8. The van der Waals surface area contributed by atoms with Gasteiger partial charge in [-0.15, -0.1) is 0 Å². The van der Waals surface area contributed by atoms with E-state index < -0.39 is 11.7 Å². The van der Waals surface area contributed by atoms with E-state index in [1.807, 2.05) is 6.92 Å². The molecule has 6 heteroatoms. The van der Waals surface area contributed by atoms with E-state index in [4.69, 9.17) is 4.74 Å². The number of aromatic nitrogens is 1. The summed E-state index contributed by atoms with van der Waals surface area (Å²) in [5, 5.41) is 2.69. The second kappa shape index (κ2) is 7.44. The van der Waals surface area contributed by atoms with Gasteiger partial charge in [-0.05, 0) is 61.0 Å². The zero-order valence-electron chi connectivity index (χ0n) is 13.3. The first-order valence-electron chi connectivity index (χ1n) is 7.48. The van der Waals surface area contributed by atoms with Crippen LogP contribution in [0.1, 0.15) is 15.9 Å². The van der Waals surface area contributed by atoms with Crippen LogP contribution in [0.5, 0.6) is 11.5 Å². The smallest absolute Gasteiger partial charge is 0.258 e. The van der Waals surface area contributed by atoms with Gasteiger partial charge in [-0.1, -0.05) is 15.9 Å². The summed E-state index contributed by atoms with van der Waals surface area (Å²) in [5.74, 6) is 0.186.